The Kier molecular flexibility index (Phi) is 7.22. The zero-order valence-electron chi connectivity index (χ0n) is 19.3. The molecule has 0 spiro atoms. The van der Waals surface area contributed by atoms with Crippen LogP contribution in [0.3, 0.4) is 0 Å². The summed E-state index contributed by atoms with van der Waals surface area (Å²) in [5.41, 5.74) is 3.73. The molecule has 0 N–H and O–H groups in total. The first kappa shape index (κ1) is 23.5. The molecule has 1 aliphatic heterocycles. The fraction of sp³-hybridized carbons (Fsp3) is 0.480. The Balaban J connectivity index is 1.71. The highest BCUT2D eigenvalue weighted by Crippen LogP contribution is 2.30. The average Bonchev–Trinajstić information content (AvgIpc) is 2.71. The molecule has 0 aliphatic carbocycles. The van der Waals surface area contributed by atoms with E-state index in [4.69, 9.17) is 0 Å². The lowest BCUT2D eigenvalue weighted by molar-refractivity contribution is -0.139. The van der Waals surface area contributed by atoms with E-state index in [0.717, 1.165) is 22.3 Å². The molecule has 0 unspecified atom stereocenters. The third-order valence-electron chi connectivity index (χ3n) is 6.11. The van der Waals surface area contributed by atoms with Crippen LogP contribution in [-0.4, -0.2) is 42.7 Å². The maximum atomic E-state index is 13.3. The molecule has 0 saturated carbocycles. The molecular formula is C25H34N2O3S. The number of carbonyl (C=O) groups excluding carboxylic acids is 1. The first-order chi connectivity index (χ1) is 14.6. The van der Waals surface area contributed by atoms with Crippen molar-refractivity contribution in [3.63, 3.8) is 0 Å². The van der Waals surface area contributed by atoms with Crippen molar-refractivity contribution in [3.05, 3.63) is 64.7 Å². The van der Waals surface area contributed by atoms with E-state index in [2.05, 4.69) is 0 Å². The number of benzene rings is 2. The maximum Gasteiger partial charge on any atom is 0.243 e. The van der Waals surface area contributed by atoms with Gasteiger partial charge in [-0.2, -0.15) is 4.31 Å². The van der Waals surface area contributed by atoms with Crippen molar-refractivity contribution >= 4 is 15.9 Å². The molecular weight excluding hydrogens is 408 g/mol. The fourth-order valence-electron chi connectivity index (χ4n) is 4.58. The average molecular weight is 443 g/mol. The molecule has 2 aromatic rings. The minimum absolute atomic E-state index is 0.0901. The number of hydrogen-bond acceptors (Lipinski definition) is 3. The summed E-state index contributed by atoms with van der Waals surface area (Å²) in [5, 5.41) is 0. The number of piperidine rings is 1. The van der Waals surface area contributed by atoms with Crippen LogP contribution in [0.15, 0.2) is 47.4 Å². The summed E-state index contributed by atoms with van der Waals surface area (Å²) in [6.45, 7) is 11.1. The molecule has 31 heavy (non-hydrogen) atoms. The van der Waals surface area contributed by atoms with Crippen molar-refractivity contribution in [2.45, 2.75) is 64.9 Å². The predicted molar refractivity (Wildman–Crippen MR) is 124 cm³/mol. The van der Waals surface area contributed by atoms with Gasteiger partial charge in [-0.1, -0.05) is 48.0 Å². The Labute approximate surface area is 187 Å². The van der Waals surface area contributed by atoms with Crippen molar-refractivity contribution in [1.82, 2.24) is 9.21 Å². The molecule has 0 radical (unpaired) electrons. The first-order valence-electron chi connectivity index (χ1n) is 11.0. The summed E-state index contributed by atoms with van der Waals surface area (Å²) >= 11 is 0. The first-order valence-corrected chi connectivity index (χ1v) is 12.5. The summed E-state index contributed by atoms with van der Waals surface area (Å²) in [4.78, 5) is 15.6. The quantitative estimate of drug-likeness (QED) is 0.664. The van der Waals surface area contributed by atoms with Gasteiger partial charge in [0.2, 0.25) is 15.9 Å². The fourth-order valence-corrected chi connectivity index (χ4v) is 6.46. The Hall–Kier alpha value is -2.18. The number of amides is 1. The van der Waals surface area contributed by atoms with E-state index < -0.39 is 10.0 Å². The molecule has 1 fully saturated rings. The molecule has 6 heteroatoms. The number of sulfonamides is 1. The summed E-state index contributed by atoms with van der Waals surface area (Å²) in [5.74, 6) is -0.0172. The van der Waals surface area contributed by atoms with Gasteiger partial charge >= 0.3 is 0 Å². The summed E-state index contributed by atoms with van der Waals surface area (Å²) in [6.07, 6.45) is 1.11. The zero-order chi connectivity index (χ0) is 22.8. The van der Waals surface area contributed by atoms with Gasteiger partial charge in [0, 0.05) is 31.6 Å². The Morgan fingerprint density at radius 3 is 2.10 bits per heavy atom. The van der Waals surface area contributed by atoms with Gasteiger partial charge in [-0.15, -0.1) is 0 Å². The number of rotatable bonds is 6. The molecule has 1 amide bonds. The van der Waals surface area contributed by atoms with Gasteiger partial charge < -0.3 is 4.90 Å². The molecule has 1 heterocycles. The lowest BCUT2D eigenvalue weighted by Gasteiger charge is -2.35. The van der Waals surface area contributed by atoms with Crippen LogP contribution in [0.4, 0.5) is 0 Å². The lowest BCUT2D eigenvalue weighted by Crippen LogP contribution is -2.46. The summed E-state index contributed by atoms with van der Waals surface area (Å²) < 4.78 is 28.2. The second-order valence-electron chi connectivity index (χ2n) is 8.95. The predicted octanol–water partition coefficient (Wildman–Crippen LogP) is 4.45. The monoisotopic (exact) mass is 442 g/mol. The van der Waals surface area contributed by atoms with Crippen molar-refractivity contribution < 1.29 is 13.2 Å². The van der Waals surface area contributed by atoms with Crippen LogP contribution in [-0.2, 0) is 21.4 Å². The smallest absolute Gasteiger partial charge is 0.243 e. The molecule has 2 aromatic carbocycles. The summed E-state index contributed by atoms with van der Waals surface area (Å²) in [7, 11) is -3.57. The molecule has 168 valence electrons. The third kappa shape index (κ3) is 5.18. The van der Waals surface area contributed by atoms with Crippen LogP contribution in [0.2, 0.25) is 0 Å². The van der Waals surface area contributed by atoms with E-state index in [1.165, 1.54) is 0 Å². The number of aryl methyl sites for hydroxylation is 3. The zero-order valence-corrected chi connectivity index (χ0v) is 20.1. The van der Waals surface area contributed by atoms with Crippen LogP contribution in [0.5, 0.6) is 0 Å². The third-order valence-corrected chi connectivity index (χ3v) is 8.31. The van der Waals surface area contributed by atoms with Gasteiger partial charge in [0.05, 0.1) is 4.90 Å². The Morgan fingerprint density at radius 2 is 1.58 bits per heavy atom. The van der Waals surface area contributed by atoms with Crippen LogP contribution in [0, 0.1) is 26.7 Å². The second kappa shape index (κ2) is 9.53. The van der Waals surface area contributed by atoms with E-state index in [-0.39, 0.29) is 17.9 Å². The van der Waals surface area contributed by atoms with Gasteiger partial charge in [0.25, 0.3) is 0 Å². The second-order valence-corrected chi connectivity index (χ2v) is 10.8. The Morgan fingerprint density at radius 1 is 1.03 bits per heavy atom. The highest BCUT2D eigenvalue weighted by atomic mass is 32.2. The van der Waals surface area contributed by atoms with Crippen molar-refractivity contribution in [2.75, 3.05) is 13.1 Å². The van der Waals surface area contributed by atoms with Gasteiger partial charge in [-0.25, -0.2) is 8.42 Å². The SMILES string of the molecule is Cc1cc(C)c(S(=O)(=O)N2CCC(C(=O)N(Cc3ccccc3)C(C)C)CC2)c(C)c1. The van der Waals surface area contributed by atoms with E-state index in [1.807, 2.05) is 82.0 Å². The molecule has 5 nitrogen and oxygen atoms in total. The van der Waals surface area contributed by atoms with Crippen LogP contribution in [0.1, 0.15) is 48.9 Å². The lowest BCUT2D eigenvalue weighted by atomic mass is 9.95. The normalized spacial score (nSPS) is 15.9. The molecule has 1 saturated heterocycles. The standard InChI is InChI=1S/C25H34N2O3S/c1-18(2)27(17-22-9-7-6-8-10-22)25(28)23-11-13-26(14-12-23)31(29,30)24-20(4)15-19(3)16-21(24)5/h6-10,15-16,18,23H,11-14,17H2,1-5H3. The van der Waals surface area contributed by atoms with Crippen molar-refractivity contribution in [2.24, 2.45) is 5.92 Å². The summed E-state index contributed by atoms with van der Waals surface area (Å²) in [6, 6.07) is 13.9. The van der Waals surface area contributed by atoms with Crippen LogP contribution < -0.4 is 0 Å². The van der Waals surface area contributed by atoms with E-state index in [1.54, 1.807) is 4.31 Å². The largest absolute Gasteiger partial charge is 0.336 e. The number of nitrogens with zero attached hydrogens (tertiary/aromatic N) is 2. The molecule has 0 aromatic heterocycles. The van der Waals surface area contributed by atoms with Gasteiger partial charge in [0.1, 0.15) is 0 Å². The molecule has 1 aliphatic rings. The highest BCUT2D eigenvalue weighted by Gasteiger charge is 2.35. The van der Waals surface area contributed by atoms with E-state index >= 15 is 0 Å². The van der Waals surface area contributed by atoms with E-state index in [9.17, 15) is 13.2 Å². The molecule has 0 bridgehead atoms. The number of carbonyl (C=O) groups is 1. The molecule has 0 atom stereocenters. The van der Waals surface area contributed by atoms with Gasteiger partial charge in [-0.3, -0.25) is 4.79 Å². The van der Waals surface area contributed by atoms with Crippen molar-refractivity contribution in [3.8, 4) is 0 Å². The Bertz CT molecular complexity index is 1000. The van der Waals surface area contributed by atoms with Crippen LogP contribution in [0.25, 0.3) is 0 Å². The van der Waals surface area contributed by atoms with Gasteiger partial charge in [-0.05, 0) is 64.2 Å². The number of hydrogen-bond donors (Lipinski definition) is 0. The van der Waals surface area contributed by atoms with Gasteiger partial charge in [0.15, 0.2) is 0 Å². The minimum Gasteiger partial charge on any atom is -0.336 e. The highest BCUT2D eigenvalue weighted by molar-refractivity contribution is 7.89. The minimum atomic E-state index is -3.57. The molecule has 3 rings (SSSR count). The van der Waals surface area contributed by atoms with Crippen molar-refractivity contribution in [1.29, 1.82) is 0 Å². The van der Waals surface area contributed by atoms with E-state index in [0.29, 0.717) is 37.4 Å². The maximum absolute atomic E-state index is 13.3. The topological polar surface area (TPSA) is 57.7 Å². The van der Waals surface area contributed by atoms with Crippen LogP contribution >= 0.6 is 0 Å².